The summed E-state index contributed by atoms with van der Waals surface area (Å²) in [6.45, 7) is -0.447. The van der Waals surface area contributed by atoms with Crippen molar-refractivity contribution < 1.29 is 25.6 Å². The van der Waals surface area contributed by atoms with E-state index in [-0.39, 0.29) is 22.9 Å². The second-order valence-electron chi connectivity index (χ2n) is 5.40. The van der Waals surface area contributed by atoms with Gasteiger partial charge in [0.1, 0.15) is 11.6 Å². The van der Waals surface area contributed by atoms with E-state index in [4.69, 9.17) is 0 Å². The minimum atomic E-state index is -3.94. The minimum absolute atomic E-state index is 0.0586. The number of hydrogen-bond acceptors (Lipinski definition) is 4. The number of hydrogen-bond donors (Lipinski definition) is 0. The van der Waals surface area contributed by atoms with Crippen molar-refractivity contribution >= 4 is 19.9 Å². The summed E-state index contributed by atoms with van der Waals surface area (Å²) in [7, 11) is -7.69. The molecule has 24 heavy (non-hydrogen) atoms. The molecule has 0 aliphatic carbocycles. The van der Waals surface area contributed by atoms with Crippen LogP contribution in [-0.2, 0) is 19.9 Å². The highest BCUT2D eigenvalue weighted by Gasteiger charge is 2.44. The normalized spacial score (nSPS) is 16.8. The number of sulfone groups is 1. The lowest BCUT2D eigenvalue weighted by atomic mass is 10.3. The molecule has 2 aromatic rings. The molecule has 1 saturated heterocycles. The van der Waals surface area contributed by atoms with Crippen LogP contribution in [0, 0.1) is 11.6 Å². The highest BCUT2D eigenvalue weighted by Crippen LogP contribution is 2.29. The third kappa shape index (κ3) is 2.94. The van der Waals surface area contributed by atoms with Crippen LogP contribution in [0.5, 0.6) is 0 Å². The van der Waals surface area contributed by atoms with E-state index in [1.807, 2.05) is 0 Å². The van der Waals surface area contributed by atoms with E-state index in [2.05, 4.69) is 0 Å². The first-order chi connectivity index (χ1) is 11.2. The van der Waals surface area contributed by atoms with Crippen molar-refractivity contribution in [1.82, 2.24) is 4.31 Å². The fourth-order valence-corrected chi connectivity index (χ4v) is 5.79. The fourth-order valence-electron chi connectivity index (χ4n) is 2.39. The van der Waals surface area contributed by atoms with Gasteiger partial charge >= 0.3 is 0 Å². The lowest BCUT2D eigenvalue weighted by molar-refractivity contribution is 0.309. The van der Waals surface area contributed by atoms with Gasteiger partial charge in [0.25, 0.3) is 0 Å². The molecule has 0 amide bonds. The standard InChI is InChI=1S/C15H13F2NO4S2/c16-11-4-6-13(7-5-11)23(19,20)15-9-18(10-15)24(21,22)14-3-1-2-12(17)8-14/h1-8,15H,9-10H2. The zero-order chi connectivity index (χ0) is 17.5. The summed E-state index contributed by atoms with van der Waals surface area (Å²) in [5, 5.41) is -0.911. The van der Waals surface area contributed by atoms with Crippen molar-refractivity contribution in [2.45, 2.75) is 15.0 Å². The van der Waals surface area contributed by atoms with Gasteiger partial charge in [-0.3, -0.25) is 0 Å². The van der Waals surface area contributed by atoms with Crippen LogP contribution >= 0.6 is 0 Å². The van der Waals surface area contributed by atoms with Crippen molar-refractivity contribution in [3.05, 3.63) is 60.2 Å². The van der Waals surface area contributed by atoms with Crippen molar-refractivity contribution in [2.24, 2.45) is 0 Å². The predicted molar refractivity (Wildman–Crippen MR) is 82.5 cm³/mol. The molecule has 128 valence electrons. The van der Waals surface area contributed by atoms with Gasteiger partial charge in [-0.1, -0.05) is 6.07 Å². The van der Waals surface area contributed by atoms with Crippen LogP contribution in [0.3, 0.4) is 0 Å². The van der Waals surface area contributed by atoms with Gasteiger partial charge in [0, 0.05) is 13.1 Å². The zero-order valence-electron chi connectivity index (χ0n) is 12.3. The quantitative estimate of drug-likeness (QED) is 0.767. The molecule has 1 aliphatic rings. The third-order valence-corrected chi connectivity index (χ3v) is 7.76. The Morgan fingerprint density at radius 1 is 0.833 bits per heavy atom. The average molecular weight is 373 g/mol. The smallest absolute Gasteiger partial charge is 0.223 e. The summed E-state index contributed by atoms with van der Waals surface area (Å²) >= 11 is 0. The van der Waals surface area contributed by atoms with E-state index in [9.17, 15) is 25.6 Å². The Morgan fingerprint density at radius 3 is 2.04 bits per heavy atom. The first-order valence-corrected chi connectivity index (χ1v) is 9.95. The highest BCUT2D eigenvalue weighted by molar-refractivity contribution is 7.92. The molecule has 1 fully saturated rings. The Kier molecular flexibility index (Phi) is 4.18. The topological polar surface area (TPSA) is 71.5 Å². The van der Waals surface area contributed by atoms with Crippen molar-refractivity contribution in [1.29, 1.82) is 0 Å². The van der Waals surface area contributed by atoms with Crippen molar-refractivity contribution in [3.8, 4) is 0 Å². The van der Waals surface area contributed by atoms with Gasteiger partial charge in [-0.15, -0.1) is 0 Å². The van der Waals surface area contributed by atoms with Gasteiger partial charge in [0.2, 0.25) is 10.0 Å². The molecule has 0 aromatic heterocycles. The molecule has 0 atom stereocenters. The maximum absolute atomic E-state index is 13.2. The zero-order valence-corrected chi connectivity index (χ0v) is 13.9. The fraction of sp³-hybridized carbons (Fsp3) is 0.200. The van der Waals surface area contributed by atoms with E-state index in [1.165, 1.54) is 12.1 Å². The summed E-state index contributed by atoms with van der Waals surface area (Å²) in [6, 6.07) is 8.89. The molecule has 0 bridgehead atoms. The first kappa shape index (κ1) is 17.0. The maximum Gasteiger partial charge on any atom is 0.243 e. The van der Waals surface area contributed by atoms with E-state index in [0.717, 1.165) is 40.7 Å². The molecule has 2 aromatic carbocycles. The molecule has 9 heteroatoms. The summed E-state index contributed by atoms with van der Waals surface area (Å²) < 4.78 is 76.5. The summed E-state index contributed by atoms with van der Waals surface area (Å²) in [5.41, 5.74) is 0. The molecule has 0 unspecified atom stereocenters. The van der Waals surface area contributed by atoms with Gasteiger partial charge in [-0.2, -0.15) is 4.31 Å². The van der Waals surface area contributed by atoms with Crippen LogP contribution in [0.2, 0.25) is 0 Å². The van der Waals surface area contributed by atoms with Crippen LogP contribution in [-0.4, -0.2) is 39.5 Å². The predicted octanol–water partition coefficient (Wildman–Crippen LogP) is 1.81. The number of benzene rings is 2. The second kappa shape index (κ2) is 5.91. The molecule has 0 radical (unpaired) electrons. The number of sulfonamides is 1. The monoisotopic (exact) mass is 373 g/mol. The molecule has 0 spiro atoms. The Labute approximate surface area is 138 Å². The summed E-state index contributed by atoms with van der Waals surface area (Å²) in [6.07, 6.45) is 0. The van der Waals surface area contributed by atoms with Crippen LogP contribution in [0.1, 0.15) is 0 Å². The minimum Gasteiger partial charge on any atom is -0.223 e. The molecular weight excluding hydrogens is 360 g/mol. The summed E-state index contributed by atoms with van der Waals surface area (Å²) in [4.78, 5) is -0.281. The molecule has 0 N–H and O–H groups in total. The Balaban J connectivity index is 1.78. The molecule has 0 saturated carbocycles. The van der Waals surface area contributed by atoms with Gasteiger partial charge in [-0.05, 0) is 42.5 Å². The van der Waals surface area contributed by atoms with Gasteiger partial charge < -0.3 is 0 Å². The van der Waals surface area contributed by atoms with E-state index >= 15 is 0 Å². The lowest BCUT2D eigenvalue weighted by Gasteiger charge is -2.37. The molecule has 1 heterocycles. The van der Waals surface area contributed by atoms with Crippen LogP contribution < -0.4 is 0 Å². The van der Waals surface area contributed by atoms with Gasteiger partial charge in [0.05, 0.1) is 15.0 Å². The number of halogens is 2. The van der Waals surface area contributed by atoms with Crippen molar-refractivity contribution in [2.75, 3.05) is 13.1 Å². The molecule has 3 rings (SSSR count). The van der Waals surface area contributed by atoms with E-state index < -0.39 is 36.7 Å². The van der Waals surface area contributed by atoms with E-state index in [0.29, 0.717) is 0 Å². The highest BCUT2D eigenvalue weighted by atomic mass is 32.2. The van der Waals surface area contributed by atoms with Gasteiger partial charge in [0.15, 0.2) is 9.84 Å². The third-order valence-electron chi connectivity index (χ3n) is 3.83. The van der Waals surface area contributed by atoms with Crippen LogP contribution in [0.15, 0.2) is 58.3 Å². The first-order valence-electron chi connectivity index (χ1n) is 6.96. The molecule has 1 aliphatic heterocycles. The SMILES string of the molecule is O=S(=O)(c1ccc(F)cc1)C1CN(S(=O)(=O)c2cccc(F)c2)C1. The molecular formula is C15H13F2NO4S2. The summed E-state index contributed by atoms with van der Waals surface area (Å²) in [5.74, 6) is -1.25. The van der Waals surface area contributed by atoms with Crippen LogP contribution in [0.4, 0.5) is 8.78 Å². The number of nitrogens with zero attached hydrogens (tertiary/aromatic N) is 1. The Morgan fingerprint density at radius 2 is 1.46 bits per heavy atom. The Bertz CT molecular complexity index is 967. The largest absolute Gasteiger partial charge is 0.243 e. The maximum atomic E-state index is 13.2. The second-order valence-corrected chi connectivity index (χ2v) is 9.57. The number of rotatable bonds is 4. The Hall–Kier alpha value is -1.84. The van der Waals surface area contributed by atoms with Gasteiger partial charge in [-0.25, -0.2) is 25.6 Å². The molecule has 5 nitrogen and oxygen atoms in total. The van der Waals surface area contributed by atoms with Crippen molar-refractivity contribution in [3.63, 3.8) is 0 Å². The average Bonchev–Trinajstić information content (AvgIpc) is 2.45. The van der Waals surface area contributed by atoms with E-state index in [1.54, 1.807) is 0 Å². The lowest BCUT2D eigenvalue weighted by Crippen LogP contribution is -2.56. The van der Waals surface area contributed by atoms with Crippen LogP contribution in [0.25, 0.3) is 0 Å².